The molecule has 3 heterocycles. The van der Waals surface area contributed by atoms with Gasteiger partial charge in [-0.2, -0.15) is 0 Å². The zero-order valence-corrected chi connectivity index (χ0v) is 16.2. The van der Waals surface area contributed by atoms with Crippen molar-refractivity contribution in [1.29, 1.82) is 0 Å². The van der Waals surface area contributed by atoms with Crippen molar-refractivity contribution in [2.24, 2.45) is 5.92 Å². The zero-order valence-electron chi connectivity index (χ0n) is 13.2. The Labute approximate surface area is 154 Å². The fraction of sp³-hybridized carbons (Fsp3) is 0.600. The quantitative estimate of drug-likeness (QED) is 0.693. The van der Waals surface area contributed by atoms with Crippen LogP contribution in [0.4, 0.5) is 5.82 Å². The third-order valence-electron chi connectivity index (χ3n) is 5.15. The van der Waals surface area contributed by atoms with Crippen molar-refractivity contribution >= 4 is 49.3 Å². The van der Waals surface area contributed by atoms with Crippen molar-refractivity contribution in [1.82, 2.24) is 19.4 Å². The van der Waals surface area contributed by atoms with Crippen molar-refractivity contribution in [2.75, 3.05) is 36.9 Å². The molecule has 2 aliphatic rings. The summed E-state index contributed by atoms with van der Waals surface area (Å²) in [4.78, 5) is 10.8. The summed E-state index contributed by atoms with van der Waals surface area (Å²) < 4.78 is 26.3. The number of nitrogens with two attached hydrogens (primary N) is 1. The molecule has 0 aromatic carbocycles. The molecule has 1 aliphatic carbocycles. The van der Waals surface area contributed by atoms with Gasteiger partial charge in [-0.25, -0.2) is 18.4 Å². The van der Waals surface area contributed by atoms with Crippen LogP contribution in [0.5, 0.6) is 0 Å². The van der Waals surface area contributed by atoms with E-state index in [1.54, 1.807) is 0 Å². The third-order valence-corrected chi connectivity index (χ3v) is 7.58. The molecule has 24 heavy (non-hydrogen) atoms. The lowest BCUT2D eigenvalue weighted by atomic mass is 9.79. The number of halogens is 1. The van der Waals surface area contributed by atoms with Crippen molar-refractivity contribution in [3.05, 3.63) is 16.1 Å². The van der Waals surface area contributed by atoms with Gasteiger partial charge in [-0.1, -0.05) is 0 Å². The van der Waals surface area contributed by atoms with Crippen LogP contribution in [0.25, 0.3) is 11.0 Å². The summed E-state index contributed by atoms with van der Waals surface area (Å²) >= 11 is 2.29. The molecule has 1 aliphatic heterocycles. The largest absolute Gasteiger partial charge is 0.383 e. The van der Waals surface area contributed by atoms with E-state index in [-0.39, 0.29) is 0 Å². The second kappa shape index (κ2) is 6.10. The topological polar surface area (TPSA) is 94.1 Å². The van der Waals surface area contributed by atoms with Gasteiger partial charge < -0.3 is 15.2 Å². The Balaban J connectivity index is 1.41. The normalized spacial score (nSPS) is 27.2. The highest BCUT2D eigenvalue weighted by atomic mass is 127. The number of nitrogens with zero attached hydrogens (tertiary/aromatic N) is 4. The molecule has 1 saturated heterocycles. The maximum Gasteiger partial charge on any atom is 0.152 e. The second-order valence-corrected chi connectivity index (χ2v) is 10.3. The predicted molar refractivity (Wildman–Crippen MR) is 102 cm³/mol. The van der Waals surface area contributed by atoms with Crippen molar-refractivity contribution in [2.45, 2.75) is 18.9 Å². The molecule has 7 nitrogen and oxygen atoms in total. The first kappa shape index (κ1) is 16.5. The van der Waals surface area contributed by atoms with E-state index in [9.17, 15) is 8.42 Å². The molecule has 1 saturated carbocycles. The first-order chi connectivity index (χ1) is 11.4. The summed E-state index contributed by atoms with van der Waals surface area (Å²) in [5, 5.41) is 0.947. The number of aromatic nitrogens is 3. The minimum absolute atomic E-state index is 0.305. The zero-order chi connectivity index (χ0) is 16.9. The number of hydrogen-bond acceptors (Lipinski definition) is 6. The standard InChI is InChI=1S/C15H20IN5O2S/c16-12-8-21(15-13(12)14(17)18-9-19-15)11-5-10(6-11)7-20-1-3-24(22,23)4-2-20/h8-11H,1-7H2,(H2,17,18,19)/t10-,11+. The van der Waals surface area contributed by atoms with Crippen LogP contribution in [-0.4, -0.2) is 59.0 Å². The number of fused-ring (bicyclic) bond motifs is 1. The van der Waals surface area contributed by atoms with Gasteiger partial charge in [-0.15, -0.1) is 0 Å². The molecule has 2 N–H and O–H groups in total. The van der Waals surface area contributed by atoms with Crippen molar-refractivity contribution in [3.8, 4) is 0 Å². The van der Waals surface area contributed by atoms with Gasteiger partial charge in [0.15, 0.2) is 9.84 Å². The van der Waals surface area contributed by atoms with Crippen LogP contribution in [0.2, 0.25) is 0 Å². The molecule has 0 bridgehead atoms. The van der Waals surface area contributed by atoms with E-state index in [2.05, 4.69) is 48.2 Å². The lowest BCUT2D eigenvalue weighted by Gasteiger charge is -2.40. The Bertz CT molecular complexity index is 861. The molecule has 0 atom stereocenters. The first-order valence-electron chi connectivity index (χ1n) is 8.12. The molecule has 9 heteroatoms. The van der Waals surface area contributed by atoms with Crippen molar-refractivity contribution < 1.29 is 8.42 Å². The molecule has 0 amide bonds. The van der Waals surface area contributed by atoms with E-state index in [0.717, 1.165) is 34.0 Å². The fourth-order valence-corrected chi connectivity index (χ4v) is 5.81. The van der Waals surface area contributed by atoms with Gasteiger partial charge >= 0.3 is 0 Å². The van der Waals surface area contributed by atoms with Gasteiger partial charge in [0.25, 0.3) is 0 Å². The number of hydrogen-bond donors (Lipinski definition) is 1. The molecule has 2 aromatic rings. The van der Waals surface area contributed by atoms with Gasteiger partial charge in [-0.05, 0) is 41.4 Å². The molecule has 2 aromatic heterocycles. The Morgan fingerprint density at radius 3 is 2.67 bits per heavy atom. The summed E-state index contributed by atoms with van der Waals surface area (Å²) in [6, 6.07) is 0.448. The number of rotatable bonds is 3. The van der Waals surface area contributed by atoms with Crippen LogP contribution in [0.3, 0.4) is 0 Å². The number of nitrogen functional groups attached to an aromatic ring is 1. The maximum atomic E-state index is 11.5. The Morgan fingerprint density at radius 2 is 1.96 bits per heavy atom. The lowest BCUT2D eigenvalue weighted by Crippen LogP contribution is -2.44. The average Bonchev–Trinajstić information content (AvgIpc) is 2.82. The fourth-order valence-electron chi connectivity index (χ4n) is 3.72. The minimum Gasteiger partial charge on any atom is -0.383 e. The molecule has 130 valence electrons. The van der Waals surface area contributed by atoms with E-state index in [0.29, 0.717) is 42.4 Å². The second-order valence-electron chi connectivity index (χ2n) is 6.79. The van der Waals surface area contributed by atoms with Gasteiger partial charge in [0, 0.05) is 35.4 Å². The summed E-state index contributed by atoms with van der Waals surface area (Å²) in [5.41, 5.74) is 6.89. The number of anilines is 1. The summed E-state index contributed by atoms with van der Waals surface area (Å²) in [5.74, 6) is 1.78. The molecule has 4 rings (SSSR count). The highest BCUT2D eigenvalue weighted by Gasteiger charge is 2.34. The van der Waals surface area contributed by atoms with Crippen LogP contribution in [0.15, 0.2) is 12.5 Å². The van der Waals surface area contributed by atoms with Gasteiger partial charge in [-0.3, -0.25) is 0 Å². The highest BCUT2D eigenvalue weighted by molar-refractivity contribution is 14.1. The van der Waals surface area contributed by atoms with Crippen LogP contribution in [-0.2, 0) is 9.84 Å². The average molecular weight is 461 g/mol. The molecule has 0 spiro atoms. The smallest absolute Gasteiger partial charge is 0.152 e. The van der Waals surface area contributed by atoms with Gasteiger partial charge in [0.1, 0.15) is 17.8 Å². The maximum absolute atomic E-state index is 11.5. The van der Waals surface area contributed by atoms with E-state index in [1.807, 2.05) is 0 Å². The van der Waals surface area contributed by atoms with Crippen LogP contribution in [0.1, 0.15) is 18.9 Å². The van der Waals surface area contributed by atoms with Crippen LogP contribution >= 0.6 is 22.6 Å². The number of sulfone groups is 1. The van der Waals surface area contributed by atoms with E-state index in [1.165, 1.54) is 6.33 Å². The minimum atomic E-state index is -2.79. The Hall–Kier alpha value is -0.940. The van der Waals surface area contributed by atoms with E-state index in [4.69, 9.17) is 5.73 Å². The molecular weight excluding hydrogens is 441 g/mol. The molecule has 0 unspecified atom stereocenters. The molecule has 0 radical (unpaired) electrons. The van der Waals surface area contributed by atoms with Gasteiger partial charge in [0.2, 0.25) is 0 Å². The predicted octanol–water partition coefficient (Wildman–Crippen LogP) is 1.30. The van der Waals surface area contributed by atoms with Crippen LogP contribution in [0, 0.1) is 9.49 Å². The van der Waals surface area contributed by atoms with E-state index >= 15 is 0 Å². The monoisotopic (exact) mass is 461 g/mol. The third kappa shape index (κ3) is 3.01. The lowest BCUT2D eigenvalue weighted by molar-refractivity contribution is 0.136. The first-order valence-corrected chi connectivity index (χ1v) is 11.0. The Kier molecular flexibility index (Phi) is 4.20. The summed E-state index contributed by atoms with van der Waals surface area (Å²) in [6.07, 6.45) is 5.85. The molecule has 2 fully saturated rings. The molecular formula is C15H20IN5O2S. The van der Waals surface area contributed by atoms with Crippen molar-refractivity contribution in [3.63, 3.8) is 0 Å². The Morgan fingerprint density at radius 1 is 1.25 bits per heavy atom. The van der Waals surface area contributed by atoms with E-state index < -0.39 is 9.84 Å². The summed E-state index contributed by atoms with van der Waals surface area (Å²) in [7, 11) is -2.79. The SMILES string of the molecule is Nc1ncnc2c1c(I)cn2[C@H]1C[C@@H](CN2CCS(=O)(=O)CC2)C1. The highest BCUT2D eigenvalue weighted by Crippen LogP contribution is 2.41. The van der Waals surface area contributed by atoms with Gasteiger partial charge in [0.05, 0.1) is 16.9 Å². The van der Waals surface area contributed by atoms with Crippen LogP contribution < -0.4 is 5.73 Å². The summed E-state index contributed by atoms with van der Waals surface area (Å²) in [6.45, 7) is 2.36.